The number of hydrogen-bond donors (Lipinski definition) is 2. The first-order valence-electron chi connectivity index (χ1n) is 2.72. The van der Waals surface area contributed by atoms with Crippen LogP contribution in [0.15, 0.2) is 0 Å². The number of halogens is 1. The Morgan fingerprint density at radius 2 is 2.25 bits per heavy atom. The molecule has 50 valence electrons. The number of alkyl halides is 1. The van der Waals surface area contributed by atoms with Gasteiger partial charge in [-0.05, 0) is 6.42 Å². The van der Waals surface area contributed by atoms with Crippen molar-refractivity contribution >= 4 is 11.6 Å². The first-order valence-corrected chi connectivity index (χ1v) is 3.25. The van der Waals surface area contributed by atoms with Crippen LogP contribution in [-0.4, -0.2) is 23.1 Å². The Kier molecular flexibility index (Phi) is 4.23. The minimum Gasteiger partial charge on any atom is -0.390 e. The Morgan fingerprint density at radius 1 is 1.75 bits per heavy atom. The summed E-state index contributed by atoms with van der Waals surface area (Å²) in [5, 5.41) is 8.87. The van der Waals surface area contributed by atoms with Crippen LogP contribution in [0.1, 0.15) is 13.3 Å². The average Bonchev–Trinajstić information content (AvgIpc) is 1.84. The molecule has 0 amide bonds. The molecule has 1 unspecified atom stereocenters. The van der Waals surface area contributed by atoms with Crippen LogP contribution in [0.5, 0.6) is 0 Å². The van der Waals surface area contributed by atoms with Crippen molar-refractivity contribution in [3.05, 3.63) is 0 Å². The highest BCUT2D eigenvalue weighted by atomic mass is 35.5. The predicted octanol–water partition coefficient (Wildman–Crippen LogP) is 0.323. The molecule has 0 aliphatic heterocycles. The molecule has 8 heavy (non-hydrogen) atoms. The lowest BCUT2D eigenvalue weighted by Crippen LogP contribution is -2.34. The molecular weight excluding hydrogens is 126 g/mol. The summed E-state index contributed by atoms with van der Waals surface area (Å²) >= 11 is 5.30. The van der Waals surface area contributed by atoms with Gasteiger partial charge in [-0.2, -0.15) is 0 Å². The van der Waals surface area contributed by atoms with E-state index >= 15 is 0 Å². The van der Waals surface area contributed by atoms with E-state index in [4.69, 9.17) is 22.4 Å². The van der Waals surface area contributed by atoms with Crippen LogP contribution in [0.25, 0.3) is 0 Å². The van der Waals surface area contributed by atoms with Crippen molar-refractivity contribution in [1.82, 2.24) is 0 Å². The Bertz CT molecular complexity index is 52.4. The first kappa shape index (κ1) is 8.21. The lowest BCUT2D eigenvalue weighted by atomic mass is 10.1. The van der Waals surface area contributed by atoms with Crippen molar-refractivity contribution < 1.29 is 5.11 Å². The van der Waals surface area contributed by atoms with Crippen molar-refractivity contribution in [2.45, 2.75) is 25.5 Å². The number of hydrogen-bond acceptors (Lipinski definition) is 2. The van der Waals surface area contributed by atoms with E-state index in [1.807, 2.05) is 6.92 Å². The molecule has 0 aliphatic carbocycles. The van der Waals surface area contributed by atoms with E-state index in [0.717, 1.165) is 6.42 Å². The fourth-order valence-corrected chi connectivity index (χ4v) is 0.615. The van der Waals surface area contributed by atoms with Gasteiger partial charge in [0.25, 0.3) is 0 Å². The van der Waals surface area contributed by atoms with E-state index in [1.165, 1.54) is 0 Å². The van der Waals surface area contributed by atoms with Crippen LogP contribution in [0, 0.1) is 0 Å². The first-order chi connectivity index (χ1) is 3.72. The SMILES string of the molecule is CC[C@H](N)C(O)CCl. The molecule has 0 saturated heterocycles. The van der Waals surface area contributed by atoms with Crippen LogP contribution in [0.4, 0.5) is 0 Å². The summed E-state index contributed by atoms with van der Waals surface area (Å²) in [6, 6.07) is -0.160. The van der Waals surface area contributed by atoms with Crippen molar-refractivity contribution in [1.29, 1.82) is 0 Å². The summed E-state index contributed by atoms with van der Waals surface area (Å²) < 4.78 is 0. The predicted molar refractivity (Wildman–Crippen MR) is 35.0 cm³/mol. The van der Waals surface area contributed by atoms with Gasteiger partial charge in [0.15, 0.2) is 0 Å². The van der Waals surface area contributed by atoms with E-state index in [1.54, 1.807) is 0 Å². The molecule has 3 heteroatoms. The summed E-state index contributed by atoms with van der Waals surface area (Å²) in [4.78, 5) is 0. The van der Waals surface area contributed by atoms with E-state index in [-0.39, 0.29) is 11.9 Å². The van der Waals surface area contributed by atoms with Crippen LogP contribution in [0.2, 0.25) is 0 Å². The number of aliphatic hydroxyl groups excluding tert-OH is 1. The zero-order valence-electron chi connectivity index (χ0n) is 4.97. The molecule has 0 aromatic heterocycles. The fraction of sp³-hybridized carbons (Fsp3) is 1.00. The van der Waals surface area contributed by atoms with Crippen LogP contribution >= 0.6 is 11.6 Å². The molecule has 0 saturated carbocycles. The third-order valence-electron chi connectivity index (χ3n) is 1.12. The third kappa shape index (κ3) is 2.50. The number of rotatable bonds is 3. The molecule has 0 aromatic rings. The Morgan fingerprint density at radius 3 is 2.38 bits per heavy atom. The van der Waals surface area contributed by atoms with Crippen LogP contribution in [0.3, 0.4) is 0 Å². The van der Waals surface area contributed by atoms with E-state index in [0.29, 0.717) is 0 Å². The van der Waals surface area contributed by atoms with E-state index in [9.17, 15) is 0 Å². The third-order valence-corrected chi connectivity index (χ3v) is 1.44. The van der Waals surface area contributed by atoms with Gasteiger partial charge in [-0.15, -0.1) is 11.6 Å². The maximum Gasteiger partial charge on any atom is 0.0825 e. The molecule has 0 aromatic carbocycles. The second-order valence-electron chi connectivity index (χ2n) is 1.79. The second-order valence-corrected chi connectivity index (χ2v) is 2.10. The average molecular weight is 138 g/mol. The van der Waals surface area contributed by atoms with Gasteiger partial charge in [0, 0.05) is 11.9 Å². The van der Waals surface area contributed by atoms with Gasteiger partial charge in [-0.1, -0.05) is 6.92 Å². The number of aliphatic hydroxyl groups is 1. The van der Waals surface area contributed by atoms with E-state index in [2.05, 4.69) is 0 Å². The Balaban J connectivity index is 3.29. The van der Waals surface area contributed by atoms with Gasteiger partial charge in [-0.3, -0.25) is 0 Å². The Labute approximate surface area is 54.6 Å². The monoisotopic (exact) mass is 137 g/mol. The summed E-state index contributed by atoms with van der Waals surface area (Å²) in [6.45, 7) is 1.92. The summed E-state index contributed by atoms with van der Waals surface area (Å²) in [6.07, 6.45) is 0.232. The fourth-order valence-electron chi connectivity index (χ4n) is 0.387. The molecule has 0 radical (unpaired) electrons. The van der Waals surface area contributed by atoms with Gasteiger partial charge in [-0.25, -0.2) is 0 Å². The molecular formula is C5H12ClNO. The highest BCUT2D eigenvalue weighted by Gasteiger charge is 2.09. The second kappa shape index (κ2) is 4.13. The van der Waals surface area contributed by atoms with Crippen LogP contribution < -0.4 is 5.73 Å². The van der Waals surface area contributed by atoms with Gasteiger partial charge >= 0.3 is 0 Å². The van der Waals surface area contributed by atoms with E-state index < -0.39 is 6.10 Å². The zero-order chi connectivity index (χ0) is 6.57. The molecule has 0 rings (SSSR count). The maximum absolute atomic E-state index is 8.87. The largest absolute Gasteiger partial charge is 0.390 e. The minimum atomic E-state index is -0.540. The molecule has 2 nitrogen and oxygen atoms in total. The zero-order valence-corrected chi connectivity index (χ0v) is 5.73. The van der Waals surface area contributed by atoms with Gasteiger partial charge in [0.1, 0.15) is 0 Å². The standard InChI is InChI=1S/C5H12ClNO/c1-2-4(7)5(8)3-6/h4-5,8H,2-3,7H2,1H3/t4-,5?/m0/s1. The summed E-state index contributed by atoms with van der Waals surface area (Å²) in [5.74, 6) is 0.231. The van der Waals surface area contributed by atoms with Gasteiger partial charge in [0.05, 0.1) is 6.10 Å². The molecule has 0 aliphatic rings. The highest BCUT2D eigenvalue weighted by molar-refractivity contribution is 6.18. The molecule has 0 fully saturated rings. The smallest absolute Gasteiger partial charge is 0.0825 e. The molecule has 3 N–H and O–H groups in total. The highest BCUT2D eigenvalue weighted by Crippen LogP contribution is 1.96. The lowest BCUT2D eigenvalue weighted by molar-refractivity contribution is 0.164. The number of nitrogens with two attached hydrogens (primary N) is 1. The van der Waals surface area contributed by atoms with Crippen LogP contribution in [-0.2, 0) is 0 Å². The topological polar surface area (TPSA) is 46.2 Å². The van der Waals surface area contributed by atoms with Gasteiger partial charge in [0.2, 0.25) is 0 Å². The quantitative estimate of drug-likeness (QED) is 0.551. The van der Waals surface area contributed by atoms with Crippen molar-refractivity contribution in [3.8, 4) is 0 Å². The molecule has 0 bridgehead atoms. The molecule has 0 heterocycles. The lowest BCUT2D eigenvalue weighted by Gasteiger charge is -2.12. The van der Waals surface area contributed by atoms with Crippen molar-refractivity contribution in [3.63, 3.8) is 0 Å². The van der Waals surface area contributed by atoms with Gasteiger partial charge < -0.3 is 10.8 Å². The van der Waals surface area contributed by atoms with Crippen molar-refractivity contribution in [2.75, 3.05) is 5.88 Å². The Hall–Kier alpha value is 0.210. The minimum absolute atomic E-state index is 0.160. The summed E-state index contributed by atoms with van der Waals surface area (Å²) in [5.41, 5.74) is 5.39. The molecule has 2 atom stereocenters. The normalized spacial score (nSPS) is 18.0. The molecule has 0 spiro atoms. The summed E-state index contributed by atoms with van der Waals surface area (Å²) in [7, 11) is 0. The maximum atomic E-state index is 8.87. The van der Waals surface area contributed by atoms with Crippen molar-refractivity contribution in [2.24, 2.45) is 5.73 Å².